The van der Waals surface area contributed by atoms with Crippen molar-refractivity contribution in [1.82, 2.24) is 15.3 Å². The average molecular weight is 319 g/mol. The van der Waals surface area contributed by atoms with E-state index in [1.54, 1.807) is 32.0 Å². The van der Waals surface area contributed by atoms with Crippen molar-refractivity contribution >= 4 is 5.91 Å². The Morgan fingerprint density at radius 1 is 1.26 bits per heavy atom. The van der Waals surface area contributed by atoms with Gasteiger partial charge in [-0.05, 0) is 26.3 Å². The Labute approximate surface area is 131 Å². The van der Waals surface area contributed by atoms with Crippen molar-refractivity contribution in [2.75, 3.05) is 0 Å². The predicted molar refractivity (Wildman–Crippen MR) is 83.7 cm³/mol. The molecule has 1 aromatic heterocycles. The topological polar surface area (TPSA) is 94.8 Å². The quantitative estimate of drug-likeness (QED) is 0.775. The number of H-pyrrole nitrogens is 2. The normalized spacial score (nSPS) is 12.0. The van der Waals surface area contributed by atoms with E-state index in [2.05, 4.69) is 15.3 Å². The fourth-order valence-corrected chi connectivity index (χ4v) is 2.38. The zero-order chi connectivity index (χ0) is 17.0. The number of halogens is 1. The Morgan fingerprint density at radius 2 is 1.96 bits per heavy atom. The van der Waals surface area contributed by atoms with Crippen LogP contribution in [0.4, 0.5) is 4.39 Å². The fourth-order valence-electron chi connectivity index (χ4n) is 2.38. The van der Waals surface area contributed by atoms with Gasteiger partial charge in [-0.1, -0.05) is 18.2 Å². The molecule has 3 N–H and O–H groups in total. The number of benzene rings is 1. The Kier molecular flexibility index (Phi) is 5.10. The highest BCUT2D eigenvalue weighted by Gasteiger charge is 2.14. The van der Waals surface area contributed by atoms with Crippen molar-refractivity contribution in [1.29, 1.82) is 0 Å². The third-order valence-electron chi connectivity index (χ3n) is 3.61. The molecule has 0 radical (unpaired) electrons. The van der Waals surface area contributed by atoms with E-state index in [9.17, 15) is 18.8 Å². The lowest BCUT2D eigenvalue weighted by Crippen LogP contribution is -2.30. The number of nitrogens with one attached hydrogen (secondary N) is 3. The van der Waals surface area contributed by atoms with Crippen LogP contribution in [0.3, 0.4) is 0 Å². The zero-order valence-electron chi connectivity index (χ0n) is 12.9. The molecule has 6 nitrogen and oxygen atoms in total. The van der Waals surface area contributed by atoms with Gasteiger partial charge < -0.3 is 10.3 Å². The van der Waals surface area contributed by atoms with Gasteiger partial charge >= 0.3 is 5.69 Å². The van der Waals surface area contributed by atoms with Gasteiger partial charge in [-0.3, -0.25) is 14.6 Å². The van der Waals surface area contributed by atoms with Crippen molar-refractivity contribution in [2.24, 2.45) is 0 Å². The summed E-state index contributed by atoms with van der Waals surface area (Å²) < 4.78 is 13.7. The fraction of sp³-hybridized carbons (Fsp3) is 0.312. The van der Waals surface area contributed by atoms with Crippen LogP contribution in [-0.2, 0) is 11.2 Å². The summed E-state index contributed by atoms with van der Waals surface area (Å²) in [4.78, 5) is 39.4. The summed E-state index contributed by atoms with van der Waals surface area (Å²) in [6.07, 6.45) is 0.253. The Balaban J connectivity index is 2.00. The molecular formula is C16H18FN3O3. The number of hydrogen-bond donors (Lipinski definition) is 3. The SMILES string of the molecule is Cc1[nH]c(=O)[nH]c(=O)c1CCC(=O)N[C@H](C)c1ccccc1F. The van der Waals surface area contributed by atoms with Gasteiger partial charge in [-0.15, -0.1) is 0 Å². The van der Waals surface area contributed by atoms with Crippen LogP contribution in [-0.4, -0.2) is 15.9 Å². The van der Waals surface area contributed by atoms with Gasteiger partial charge in [0, 0.05) is 23.2 Å². The van der Waals surface area contributed by atoms with Crippen LogP contribution in [0.5, 0.6) is 0 Å². The van der Waals surface area contributed by atoms with Crippen LogP contribution in [0.25, 0.3) is 0 Å². The molecule has 0 spiro atoms. The molecular weight excluding hydrogens is 301 g/mol. The summed E-state index contributed by atoms with van der Waals surface area (Å²) in [5.74, 6) is -0.682. The molecule has 0 saturated heterocycles. The largest absolute Gasteiger partial charge is 0.349 e. The number of aromatic amines is 2. The number of carbonyl (C=O) groups is 1. The number of hydrogen-bond acceptors (Lipinski definition) is 3. The first-order valence-corrected chi connectivity index (χ1v) is 7.24. The minimum atomic E-state index is -0.575. The molecule has 23 heavy (non-hydrogen) atoms. The second kappa shape index (κ2) is 7.04. The second-order valence-electron chi connectivity index (χ2n) is 5.32. The molecule has 0 aliphatic rings. The standard InChI is InChI=1S/C16H18FN3O3/c1-9(11-5-3-4-6-13(11)17)18-14(21)8-7-12-10(2)19-16(23)20-15(12)22/h3-6,9H,7-8H2,1-2H3,(H,18,21)(H2,19,20,22,23)/t9-/m1/s1. The van der Waals surface area contributed by atoms with E-state index in [1.165, 1.54) is 6.07 Å². The van der Waals surface area contributed by atoms with Gasteiger partial charge in [0.2, 0.25) is 5.91 Å². The maximum atomic E-state index is 13.7. The van der Waals surface area contributed by atoms with Gasteiger partial charge in [0.1, 0.15) is 5.82 Å². The lowest BCUT2D eigenvalue weighted by atomic mass is 10.1. The van der Waals surface area contributed by atoms with Crippen LogP contribution in [0.15, 0.2) is 33.9 Å². The van der Waals surface area contributed by atoms with Crippen LogP contribution in [0, 0.1) is 12.7 Å². The van der Waals surface area contributed by atoms with Gasteiger partial charge in [-0.2, -0.15) is 0 Å². The number of aryl methyl sites for hydroxylation is 1. The van der Waals surface area contributed by atoms with Crippen LogP contribution >= 0.6 is 0 Å². The molecule has 1 heterocycles. The van der Waals surface area contributed by atoms with Gasteiger partial charge in [-0.25, -0.2) is 9.18 Å². The van der Waals surface area contributed by atoms with Crippen LogP contribution in [0.1, 0.15) is 36.2 Å². The predicted octanol–water partition coefficient (Wildman–Crippen LogP) is 1.32. The number of rotatable bonds is 5. The van der Waals surface area contributed by atoms with E-state index in [4.69, 9.17) is 0 Å². The summed E-state index contributed by atoms with van der Waals surface area (Å²) in [5.41, 5.74) is 0.126. The second-order valence-corrected chi connectivity index (χ2v) is 5.32. The minimum absolute atomic E-state index is 0.0642. The van der Waals surface area contributed by atoms with Crippen LogP contribution in [0.2, 0.25) is 0 Å². The van der Waals surface area contributed by atoms with Gasteiger partial charge in [0.15, 0.2) is 0 Å². The van der Waals surface area contributed by atoms with Gasteiger partial charge in [0.05, 0.1) is 6.04 Å². The summed E-state index contributed by atoms with van der Waals surface area (Å²) in [5, 5.41) is 2.69. The number of amides is 1. The van der Waals surface area contributed by atoms with E-state index >= 15 is 0 Å². The average Bonchev–Trinajstić information content (AvgIpc) is 2.46. The van der Waals surface area contributed by atoms with Crippen molar-refractivity contribution in [3.8, 4) is 0 Å². The van der Waals surface area contributed by atoms with Crippen molar-refractivity contribution < 1.29 is 9.18 Å². The molecule has 122 valence electrons. The molecule has 1 atom stereocenters. The van der Waals surface area contributed by atoms with Crippen LogP contribution < -0.4 is 16.6 Å². The highest BCUT2D eigenvalue weighted by atomic mass is 19.1. The molecule has 0 fully saturated rings. The maximum absolute atomic E-state index is 13.7. The summed E-state index contributed by atoms with van der Waals surface area (Å²) in [7, 11) is 0. The maximum Gasteiger partial charge on any atom is 0.325 e. The molecule has 0 unspecified atom stereocenters. The first-order valence-electron chi connectivity index (χ1n) is 7.24. The molecule has 2 aromatic rings. The van der Waals surface area contributed by atoms with E-state index in [-0.39, 0.29) is 24.6 Å². The summed E-state index contributed by atoms with van der Waals surface area (Å²) in [6, 6.07) is 5.75. The lowest BCUT2D eigenvalue weighted by Gasteiger charge is -2.15. The van der Waals surface area contributed by atoms with E-state index in [0.717, 1.165) is 0 Å². The zero-order valence-corrected chi connectivity index (χ0v) is 12.9. The van der Waals surface area contributed by atoms with Crippen molar-refractivity contribution in [3.05, 3.63) is 67.7 Å². The molecule has 1 amide bonds. The monoisotopic (exact) mass is 319 g/mol. The molecule has 0 saturated carbocycles. The minimum Gasteiger partial charge on any atom is -0.349 e. The van der Waals surface area contributed by atoms with E-state index in [0.29, 0.717) is 16.8 Å². The Hall–Kier alpha value is -2.70. The van der Waals surface area contributed by atoms with E-state index in [1.807, 2.05) is 0 Å². The third kappa shape index (κ3) is 4.15. The lowest BCUT2D eigenvalue weighted by molar-refractivity contribution is -0.121. The highest BCUT2D eigenvalue weighted by molar-refractivity contribution is 5.76. The summed E-state index contributed by atoms with van der Waals surface area (Å²) >= 11 is 0. The molecule has 2 rings (SSSR count). The summed E-state index contributed by atoms with van der Waals surface area (Å²) in [6.45, 7) is 3.29. The van der Waals surface area contributed by atoms with Crippen molar-refractivity contribution in [2.45, 2.75) is 32.7 Å². The molecule has 0 aliphatic carbocycles. The molecule has 0 bridgehead atoms. The Morgan fingerprint density at radius 3 is 2.61 bits per heavy atom. The molecule has 1 aromatic carbocycles. The third-order valence-corrected chi connectivity index (χ3v) is 3.61. The van der Waals surface area contributed by atoms with Gasteiger partial charge in [0.25, 0.3) is 5.56 Å². The number of carbonyl (C=O) groups excluding carboxylic acids is 1. The molecule has 0 aliphatic heterocycles. The van der Waals surface area contributed by atoms with E-state index < -0.39 is 17.3 Å². The highest BCUT2D eigenvalue weighted by Crippen LogP contribution is 2.16. The first-order chi connectivity index (χ1) is 10.9. The molecule has 7 heteroatoms. The smallest absolute Gasteiger partial charge is 0.325 e. The number of aromatic nitrogens is 2. The first kappa shape index (κ1) is 16.7. The van der Waals surface area contributed by atoms with Crippen molar-refractivity contribution in [3.63, 3.8) is 0 Å². The Bertz CT molecular complexity index is 826.